The van der Waals surface area contributed by atoms with Crippen LogP contribution in [0, 0.1) is 0 Å². The zero-order valence-electron chi connectivity index (χ0n) is 10.1. The quantitative estimate of drug-likeness (QED) is 0.787. The third-order valence-corrected chi connectivity index (χ3v) is 3.91. The molecule has 0 fully saturated rings. The van der Waals surface area contributed by atoms with Crippen LogP contribution in [0.15, 0.2) is 22.9 Å². The fraction of sp³-hybridized carbons (Fsp3) is 0.364. The van der Waals surface area contributed by atoms with Crippen LogP contribution in [0.5, 0.6) is 0 Å². The van der Waals surface area contributed by atoms with Crippen molar-refractivity contribution in [3.05, 3.63) is 28.5 Å². The summed E-state index contributed by atoms with van der Waals surface area (Å²) in [6.07, 6.45) is 3.17. The number of carboxylic acids is 1. The number of rotatable bonds is 6. The number of halogens is 1. The summed E-state index contributed by atoms with van der Waals surface area (Å²) in [6, 6.07) is 0.623. The Kier molecular flexibility index (Phi) is 6.10. The van der Waals surface area contributed by atoms with Gasteiger partial charge in [0, 0.05) is 34.6 Å². The molecule has 0 aliphatic carbocycles. The van der Waals surface area contributed by atoms with Gasteiger partial charge in [-0.05, 0) is 27.6 Å². The van der Waals surface area contributed by atoms with E-state index in [9.17, 15) is 13.8 Å². The highest BCUT2D eigenvalue weighted by atomic mass is 79.9. The summed E-state index contributed by atoms with van der Waals surface area (Å²) in [5.74, 6) is -1.61. The molecule has 6 nitrogen and oxygen atoms in total. The maximum absolute atomic E-state index is 11.9. The Bertz CT molecular complexity index is 509. The molecule has 19 heavy (non-hydrogen) atoms. The molecule has 2 atom stereocenters. The minimum Gasteiger partial charge on any atom is -0.480 e. The highest BCUT2D eigenvalue weighted by Gasteiger charge is 2.21. The monoisotopic (exact) mass is 348 g/mol. The van der Waals surface area contributed by atoms with Gasteiger partial charge in [0.15, 0.2) is 0 Å². The van der Waals surface area contributed by atoms with Gasteiger partial charge in [0.05, 0.1) is 11.5 Å². The van der Waals surface area contributed by atoms with E-state index in [1.54, 1.807) is 18.5 Å². The van der Waals surface area contributed by atoms with E-state index in [0.717, 1.165) is 10.0 Å². The third kappa shape index (κ3) is 5.93. The Labute approximate surface area is 121 Å². The molecule has 1 rings (SSSR count). The Morgan fingerprint density at radius 3 is 2.74 bits per heavy atom. The van der Waals surface area contributed by atoms with E-state index in [-0.39, 0.29) is 11.5 Å². The van der Waals surface area contributed by atoms with Crippen LogP contribution < -0.4 is 5.32 Å². The van der Waals surface area contributed by atoms with Crippen molar-refractivity contribution in [2.45, 2.75) is 18.7 Å². The standard InChI is InChI=1S/C11H13BrN2O4S/c1-7(15)14-10(11(16)17)6-19(18)5-8-2-9(12)4-13-3-8/h2-4,10H,5-6H2,1H3,(H,14,15)(H,16,17)/t10-,19?/m0/s1. The number of hydrogen-bond donors (Lipinski definition) is 2. The van der Waals surface area contributed by atoms with Crippen LogP contribution in [-0.4, -0.2) is 38.0 Å². The molecular formula is C11H13BrN2O4S. The summed E-state index contributed by atoms with van der Waals surface area (Å²) < 4.78 is 12.6. The van der Waals surface area contributed by atoms with Gasteiger partial charge in [0.25, 0.3) is 0 Å². The number of nitrogens with zero attached hydrogens (tertiary/aromatic N) is 1. The first-order valence-electron chi connectivity index (χ1n) is 5.33. The minimum atomic E-state index is -1.40. The van der Waals surface area contributed by atoms with Crippen molar-refractivity contribution in [3.8, 4) is 0 Å². The summed E-state index contributed by atoms with van der Waals surface area (Å²) in [6.45, 7) is 1.22. The van der Waals surface area contributed by atoms with E-state index in [1.165, 1.54) is 6.92 Å². The summed E-state index contributed by atoms with van der Waals surface area (Å²) in [7, 11) is -1.40. The van der Waals surface area contributed by atoms with Gasteiger partial charge in [-0.15, -0.1) is 0 Å². The highest BCUT2D eigenvalue weighted by Crippen LogP contribution is 2.11. The van der Waals surface area contributed by atoms with Crippen molar-refractivity contribution in [3.63, 3.8) is 0 Å². The van der Waals surface area contributed by atoms with E-state index in [1.807, 2.05) is 0 Å². The minimum absolute atomic E-state index is 0.137. The topological polar surface area (TPSA) is 96.4 Å². The Balaban J connectivity index is 2.62. The van der Waals surface area contributed by atoms with Crippen LogP contribution in [0.4, 0.5) is 0 Å². The molecule has 0 saturated carbocycles. The maximum Gasteiger partial charge on any atom is 0.327 e. The average molecular weight is 349 g/mol. The lowest BCUT2D eigenvalue weighted by molar-refractivity contribution is -0.140. The SMILES string of the molecule is CC(=O)N[C@@H](CS(=O)Cc1cncc(Br)c1)C(=O)O. The molecule has 0 radical (unpaired) electrons. The lowest BCUT2D eigenvalue weighted by Gasteiger charge is -2.12. The van der Waals surface area contributed by atoms with Crippen LogP contribution in [0.3, 0.4) is 0 Å². The first-order valence-corrected chi connectivity index (χ1v) is 7.61. The van der Waals surface area contributed by atoms with Crippen molar-refractivity contribution in [1.82, 2.24) is 10.3 Å². The lowest BCUT2D eigenvalue weighted by atomic mass is 10.3. The second kappa shape index (κ2) is 7.34. The van der Waals surface area contributed by atoms with Gasteiger partial charge >= 0.3 is 5.97 Å². The third-order valence-electron chi connectivity index (χ3n) is 2.12. The van der Waals surface area contributed by atoms with E-state index in [4.69, 9.17) is 5.11 Å². The molecule has 0 aromatic carbocycles. The number of aliphatic carboxylic acids is 1. The van der Waals surface area contributed by atoms with Crippen LogP contribution in [0.1, 0.15) is 12.5 Å². The molecule has 0 saturated heterocycles. The zero-order chi connectivity index (χ0) is 14.4. The number of carboxylic acid groups (broad SMARTS) is 1. The maximum atomic E-state index is 11.9. The van der Waals surface area contributed by atoms with E-state index in [0.29, 0.717) is 0 Å². The zero-order valence-corrected chi connectivity index (χ0v) is 12.5. The van der Waals surface area contributed by atoms with Gasteiger partial charge in [0.2, 0.25) is 5.91 Å². The first-order chi connectivity index (χ1) is 8.88. The van der Waals surface area contributed by atoms with Gasteiger partial charge in [-0.1, -0.05) is 0 Å². The molecule has 0 aliphatic heterocycles. The Hall–Kier alpha value is -1.28. The second-order valence-corrected chi connectivity index (χ2v) is 6.27. The largest absolute Gasteiger partial charge is 0.480 e. The predicted molar refractivity (Wildman–Crippen MR) is 73.9 cm³/mol. The molecule has 1 aromatic rings. The molecular weight excluding hydrogens is 336 g/mol. The molecule has 0 bridgehead atoms. The fourth-order valence-corrected chi connectivity index (χ4v) is 3.04. The smallest absolute Gasteiger partial charge is 0.327 e. The second-order valence-electron chi connectivity index (χ2n) is 3.85. The van der Waals surface area contributed by atoms with E-state index >= 15 is 0 Å². The van der Waals surface area contributed by atoms with Gasteiger partial charge in [0.1, 0.15) is 6.04 Å². The lowest BCUT2D eigenvalue weighted by Crippen LogP contribution is -2.43. The molecule has 1 amide bonds. The van der Waals surface area contributed by atoms with Gasteiger partial charge < -0.3 is 10.4 Å². The summed E-state index contributed by atoms with van der Waals surface area (Å²) in [4.78, 5) is 25.7. The highest BCUT2D eigenvalue weighted by molar-refractivity contribution is 9.10. The summed E-state index contributed by atoms with van der Waals surface area (Å²) in [5, 5.41) is 11.2. The molecule has 1 unspecified atom stereocenters. The van der Waals surface area contributed by atoms with Crippen LogP contribution in [0.25, 0.3) is 0 Å². The first kappa shape index (κ1) is 15.8. The van der Waals surface area contributed by atoms with Crippen molar-refractivity contribution in [2.24, 2.45) is 0 Å². The molecule has 1 aromatic heterocycles. The molecule has 8 heteroatoms. The number of carbonyl (C=O) groups is 2. The molecule has 1 heterocycles. The summed E-state index contributed by atoms with van der Waals surface area (Å²) >= 11 is 3.25. The van der Waals surface area contributed by atoms with Gasteiger partial charge in [-0.3, -0.25) is 14.0 Å². The van der Waals surface area contributed by atoms with Crippen molar-refractivity contribution < 1.29 is 18.9 Å². The van der Waals surface area contributed by atoms with Crippen LogP contribution in [-0.2, 0) is 26.1 Å². The fourth-order valence-electron chi connectivity index (χ4n) is 1.39. The number of nitrogens with one attached hydrogen (secondary N) is 1. The van der Waals surface area contributed by atoms with Crippen LogP contribution >= 0.6 is 15.9 Å². The normalized spacial score (nSPS) is 13.6. The Morgan fingerprint density at radius 1 is 1.53 bits per heavy atom. The van der Waals surface area contributed by atoms with Gasteiger partial charge in [-0.2, -0.15) is 0 Å². The number of carbonyl (C=O) groups excluding carboxylic acids is 1. The number of hydrogen-bond acceptors (Lipinski definition) is 4. The molecule has 104 valence electrons. The molecule has 0 spiro atoms. The number of amides is 1. The Morgan fingerprint density at radius 2 is 2.21 bits per heavy atom. The van der Waals surface area contributed by atoms with Crippen molar-refractivity contribution in [2.75, 3.05) is 5.75 Å². The average Bonchev–Trinajstić information content (AvgIpc) is 2.27. The van der Waals surface area contributed by atoms with Crippen molar-refractivity contribution in [1.29, 1.82) is 0 Å². The molecule has 2 N–H and O–H groups in total. The predicted octanol–water partition coefficient (Wildman–Crippen LogP) is 0.682. The van der Waals surface area contributed by atoms with Crippen LogP contribution in [0.2, 0.25) is 0 Å². The summed E-state index contributed by atoms with van der Waals surface area (Å²) in [5.41, 5.74) is 0.736. The number of pyridine rings is 1. The molecule has 0 aliphatic rings. The van der Waals surface area contributed by atoms with Crippen molar-refractivity contribution >= 4 is 38.6 Å². The van der Waals surface area contributed by atoms with E-state index in [2.05, 4.69) is 26.2 Å². The van der Waals surface area contributed by atoms with E-state index < -0.39 is 28.7 Å². The van der Waals surface area contributed by atoms with Gasteiger partial charge in [-0.25, -0.2) is 4.79 Å². The number of aromatic nitrogens is 1.